The zero-order valence-electron chi connectivity index (χ0n) is 10.7. The monoisotopic (exact) mass is 260 g/mol. The van der Waals surface area contributed by atoms with E-state index in [9.17, 15) is 4.79 Å². The lowest BCUT2D eigenvalue weighted by Gasteiger charge is -2.24. The predicted molar refractivity (Wildman–Crippen MR) is 64.2 cm³/mol. The Morgan fingerprint density at radius 2 is 1.94 bits per heavy atom. The molecule has 1 atom stereocenters. The molecule has 1 fully saturated rings. The highest BCUT2D eigenvalue weighted by molar-refractivity contribution is 6.60. The van der Waals surface area contributed by atoms with Crippen LogP contribution in [0.25, 0.3) is 0 Å². The lowest BCUT2D eigenvalue weighted by Crippen LogP contribution is -2.42. The molecule has 6 heteroatoms. The fourth-order valence-corrected chi connectivity index (χ4v) is 3.72. The first-order chi connectivity index (χ1) is 8.06. The van der Waals surface area contributed by atoms with E-state index in [1.165, 1.54) is 0 Å². The lowest BCUT2D eigenvalue weighted by molar-refractivity contribution is -0.139. The van der Waals surface area contributed by atoms with E-state index in [0.717, 1.165) is 12.8 Å². The van der Waals surface area contributed by atoms with Gasteiger partial charge < -0.3 is 18.0 Å². The number of ether oxygens (including phenoxy) is 1. The van der Waals surface area contributed by atoms with Crippen molar-refractivity contribution in [3.8, 4) is 0 Å². The third-order valence-electron chi connectivity index (χ3n) is 3.02. The van der Waals surface area contributed by atoms with Crippen molar-refractivity contribution in [2.45, 2.75) is 25.3 Å². The van der Waals surface area contributed by atoms with E-state index >= 15 is 0 Å². The van der Waals surface area contributed by atoms with Crippen LogP contribution in [0.2, 0.25) is 6.04 Å². The first-order valence-corrected chi connectivity index (χ1v) is 7.55. The summed E-state index contributed by atoms with van der Waals surface area (Å²) in [6.45, 7) is 3.65. The third-order valence-corrected chi connectivity index (χ3v) is 5.85. The molecule has 0 amide bonds. The zero-order chi connectivity index (χ0) is 12.9. The van der Waals surface area contributed by atoms with Crippen molar-refractivity contribution < 1.29 is 22.8 Å². The molecule has 5 nitrogen and oxygen atoms in total. The predicted octanol–water partition coefficient (Wildman–Crippen LogP) is 1.72. The van der Waals surface area contributed by atoms with Crippen LogP contribution in [0.4, 0.5) is 0 Å². The Labute approximate surface area is 103 Å². The molecule has 1 heterocycles. The van der Waals surface area contributed by atoms with Crippen molar-refractivity contribution in [3.05, 3.63) is 12.3 Å². The Morgan fingerprint density at radius 1 is 1.35 bits per heavy atom. The van der Waals surface area contributed by atoms with E-state index in [4.69, 9.17) is 18.0 Å². The summed E-state index contributed by atoms with van der Waals surface area (Å²) in [7, 11) is 2.26. The molecule has 0 bridgehead atoms. The van der Waals surface area contributed by atoms with Gasteiger partial charge in [0.05, 0.1) is 5.92 Å². The highest BCUT2D eigenvalue weighted by Gasteiger charge is 2.38. The topological polar surface area (TPSA) is 54.0 Å². The minimum atomic E-state index is -2.50. The van der Waals surface area contributed by atoms with Gasteiger partial charge in [-0.1, -0.05) is 6.58 Å². The molecule has 0 radical (unpaired) electrons. The van der Waals surface area contributed by atoms with E-state index in [1.54, 1.807) is 21.3 Å². The van der Waals surface area contributed by atoms with E-state index in [-0.39, 0.29) is 11.9 Å². The van der Waals surface area contributed by atoms with Crippen LogP contribution in [-0.2, 0) is 22.8 Å². The summed E-state index contributed by atoms with van der Waals surface area (Å²) in [5, 5.41) is 0. The summed E-state index contributed by atoms with van der Waals surface area (Å²) in [5.41, 5.74) is 0. The van der Waals surface area contributed by atoms with Gasteiger partial charge in [0, 0.05) is 33.8 Å². The summed E-state index contributed by atoms with van der Waals surface area (Å²) < 4.78 is 20.8. The molecular weight excluding hydrogens is 240 g/mol. The molecule has 0 aromatic carbocycles. The lowest BCUT2D eigenvalue weighted by atomic mass is 10.0. The van der Waals surface area contributed by atoms with E-state index in [2.05, 4.69) is 6.58 Å². The first-order valence-electron chi connectivity index (χ1n) is 5.62. The van der Waals surface area contributed by atoms with Gasteiger partial charge in [0.1, 0.15) is 5.76 Å². The van der Waals surface area contributed by atoms with Crippen LogP contribution in [-0.4, -0.2) is 36.1 Å². The van der Waals surface area contributed by atoms with Crippen molar-refractivity contribution in [1.82, 2.24) is 0 Å². The maximum absolute atomic E-state index is 11.4. The van der Waals surface area contributed by atoms with E-state index in [1.807, 2.05) is 0 Å². The second kappa shape index (κ2) is 6.30. The first kappa shape index (κ1) is 14.4. The Hall–Kier alpha value is -0.693. The molecular formula is C11H20O5Si. The fraction of sp³-hybridized carbons (Fsp3) is 0.727. The van der Waals surface area contributed by atoms with Crippen LogP contribution in [0.1, 0.15) is 19.3 Å². The standard InChI is InChI=1S/C11H20O5Si/c1-9-8-10(11(12)16-9)6-5-7-17(13-2,14-3)15-4/h10H,1,5-8H2,2-4H3. The molecule has 1 saturated heterocycles. The Morgan fingerprint density at radius 3 is 2.35 bits per heavy atom. The van der Waals surface area contributed by atoms with Gasteiger partial charge >= 0.3 is 14.8 Å². The molecule has 98 valence electrons. The molecule has 1 rings (SSSR count). The SMILES string of the molecule is C=C1CC(CCC[Si](OC)(OC)OC)C(=O)O1. The zero-order valence-corrected chi connectivity index (χ0v) is 11.7. The molecule has 0 aromatic rings. The van der Waals surface area contributed by atoms with Crippen LogP contribution < -0.4 is 0 Å². The van der Waals surface area contributed by atoms with Gasteiger partial charge in [0.25, 0.3) is 0 Å². The highest BCUT2D eigenvalue weighted by Crippen LogP contribution is 2.28. The number of allylic oxidation sites excluding steroid dienone is 1. The maximum Gasteiger partial charge on any atom is 0.500 e. The van der Waals surface area contributed by atoms with Crippen LogP contribution in [0.3, 0.4) is 0 Å². The Bertz CT molecular complexity index is 279. The van der Waals surface area contributed by atoms with Gasteiger partial charge in [-0.25, -0.2) is 0 Å². The number of hydrogen-bond acceptors (Lipinski definition) is 5. The molecule has 0 saturated carbocycles. The minimum absolute atomic E-state index is 0.0697. The molecule has 1 aliphatic rings. The Balaban J connectivity index is 2.36. The summed E-state index contributed by atoms with van der Waals surface area (Å²) >= 11 is 0. The molecule has 0 aromatic heterocycles. The van der Waals surface area contributed by atoms with Gasteiger partial charge in [-0.3, -0.25) is 4.79 Å². The highest BCUT2D eigenvalue weighted by atomic mass is 28.4. The van der Waals surface area contributed by atoms with E-state index in [0.29, 0.717) is 18.2 Å². The van der Waals surface area contributed by atoms with Crippen LogP contribution >= 0.6 is 0 Å². The largest absolute Gasteiger partial charge is 0.500 e. The molecule has 17 heavy (non-hydrogen) atoms. The van der Waals surface area contributed by atoms with Crippen LogP contribution in [0.15, 0.2) is 12.3 Å². The van der Waals surface area contributed by atoms with Crippen molar-refractivity contribution >= 4 is 14.8 Å². The van der Waals surface area contributed by atoms with Gasteiger partial charge in [-0.05, 0) is 12.8 Å². The number of carbonyl (C=O) groups is 1. The number of hydrogen-bond donors (Lipinski definition) is 0. The molecule has 0 N–H and O–H groups in total. The smallest absolute Gasteiger partial charge is 0.431 e. The molecule has 0 aliphatic carbocycles. The van der Waals surface area contributed by atoms with Crippen LogP contribution in [0, 0.1) is 5.92 Å². The molecule has 0 spiro atoms. The van der Waals surface area contributed by atoms with Gasteiger partial charge in [-0.2, -0.15) is 0 Å². The summed E-state index contributed by atoms with van der Waals surface area (Å²) in [5.74, 6) is 0.322. The average Bonchev–Trinajstić information content (AvgIpc) is 2.64. The van der Waals surface area contributed by atoms with Crippen molar-refractivity contribution in [3.63, 3.8) is 0 Å². The van der Waals surface area contributed by atoms with Gasteiger partial charge in [0.15, 0.2) is 0 Å². The number of rotatable bonds is 7. The number of esters is 1. The summed E-state index contributed by atoms with van der Waals surface area (Å²) in [4.78, 5) is 11.4. The fourth-order valence-electron chi connectivity index (χ4n) is 1.97. The molecule has 1 aliphatic heterocycles. The minimum Gasteiger partial charge on any atom is -0.431 e. The number of cyclic esters (lactones) is 1. The maximum atomic E-state index is 11.4. The van der Waals surface area contributed by atoms with Gasteiger partial charge in [0.2, 0.25) is 0 Å². The summed E-state index contributed by atoms with van der Waals surface area (Å²) in [6.07, 6.45) is 2.19. The second-order valence-corrected chi connectivity index (χ2v) is 7.14. The molecule has 1 unspecified atom stereocenters. The normalized spacial score (nSPS) is 20.8. The second-order valence-electron chi connectivity index (χ2n) is 4.05. The van der Waals surface area contributed by atoms with Crippen molar-refractivity contribution in [2.75, 3.05) is 21.3 Å². The van der Waals surface area contributed by atoms with Gasteiger partial charge in [-0.15, -0.1) is 0 Å². The van der Waals surface area contributed by atoms with Crippen molar-refractivity contribution in [1.29, 1.82) is 0 Å². The number of carbonyl (C=O) groups excluding carboxylic acids is 1. The third kappa shape index (κ3) is 3.63. The van der Waals surface area contributed by atoms with Crippen LogP contribution in [0.5, 0.6) is 0 Å². The summed E-state index contributed by atoms with van der Waals surface area (Å²) in [6, 6.07) is 0.701. The Kier molecular flexibility index (Phi) is 5.32. The van der Waals surface area contributed by atoms with E-state index < -0.39 is 8.80 Å². The quantitative estimate of drug-likeness (QED) is 0.515. The van der Waals surface area contributed by atoms with Crippen molar-refractivity contribution in [2.24, 2.45) is 5.92 Å². The average molecular weight is 260 g/mol.